The van der Waals surface area contributed by atoms with Crippen LogP contribution in [0.15, 0.2) is 0 Å². The van der Waals surface area contributed by atoms with Crippen molar-refractivity contribution in [3.05, 3.63) is 0 Å². The Morgan fingerprint density at radius 1 is 1.31 bits per heavy atom. The molecule has 0 aromatic heterocycles. The van der Waals surface area contributed by atoms with Gasteiger partial charge in [0, 0.05) is 26.2 Å². The van der Waals surface area contributed by atoms with Gasteiger partial charge in [0.05, 0.1) is 0 Å². The molecule has 4 nitrogen and oxygen atoms in total. The van der Waals surface area contributed by atoms with Gasteiger partial charge in [0.1, 0.15) is 0 Å². The lowest BCUT2D eigenvalue weighted by molar-refractivity contribution is 0.147. The summed E-state index contributed by atoms with van der Waals surface area (Å²) in [5.41, 5.74) is -0.0417. The first-order valence-electron chi connectivity index (χ1n) is 6.10. The summed E-state index contributed by atoms with van der Waals surface area (Å²) in [5.74, 6) is 0. The first kappa shape index (κ1) is 15.2. The Bertz CT molecular complexity index is 201. The van der Waals surface area contributed by atoms with Crippen molar-refractivity contribution >= 4 is 6.03 Å². The lowest BCUT2D eigenvalue weighted by Crippen LogP contribution is -2.40. The molecule has 0 rings (SSSR count). The molecule has 0 atom stereocenters. The van der Waals surface area contributed by atoms with Crippen LogP contribution in [0.5, 0.6) is 0 Å². The molecule has 0 saturated heterocycles. The van der Waals surface area contributed by atoms with Crippen LogP contribution in [0.1, 0.15) is 40.5 Å². The van der Waals surface area contributed by atoms with E-state index >= 15 is 0 Å². The van der Waals surface area contributed by atoms with Crippen LogP contribution >= 0.6 is 0 Å². The molecule has 16 heavy (non-hydrogen) atoms. The van der Waals surface area contributed by atoms with E-state index in [2.05, 4.69) is 5.32 Å². The highest BCUT2D eigenvalue weighted by molar-refractivity contribution is 5.73. The van der Waals surface area contributed by atoms with Crippen molar-refractivity contribution in [3.8, 4) is 0 Å². The van der Waals surface area contributed by atoms with Gasteiger partial charge in [0.2, 0.25) is 0 Å². The highest BCUT2D eigenvalue weighted by Gasteiger charge is 2.16. The van der Waals surface area contributed by atoms with E-state index in [4.69, 9.17) is 5.11 Å². The van der Waals surface area contributed by atoms with Crippen molar-refractivity contribution in [1.29, 1.82) is 0 Å². The largest absolute Gasteiger partial charge is 0.396 e. The smallest absolute Gasteiger partial charge is 0.317 e. The Kier molecular flexibility index (Phi) is 7.13. The van der Waals surface area contributed by atoms with Crippen molar-refractivity contribution in [3.63, 3.8) is 0 Å². The second-order valence-electron chi connectivity index (χ2n) is 4.83. The summed E-state index contributed by atoms with van der Waals surface area (Å²) in [7, 11) is 0. The van der Waals surface area contributed by atoms with E-state index in [-0.39, 0.29) is 18.1 Å². The maximum absolute atomic E-state index is 11.6. The molecule has 96 valence electrons. The van der Waals surface area contributed by atoms with Crippen LogP contribution < -0.4 is 5.32 Å². The lowest BCUT2D eigenvalue weighted by Gasteiger charge is -2.22. The molecule has 0 heterocycles. The van der Waals surface area contributed by atoms with Crippen molar-refractivity contribution in [2.45, 2.75) is 40.5 Å². The summed E-state index contributed by atoms with van der Waals surface area (Å²) < 4.78 is 0. The van der Waals surface area contributed by atoms with Crippen LogP contribution in [0.3, 0.4) is 0 Å². The second-order valence-corrected chi connectivity index (χ2v) is 4.83. The number of hydrogen-bond acceptors (Lipinski definition) is 2. The maximum atomic E-state index is 11.6. The molecule has 0 aliphatic rings. The number of aliphatic hydroxyl groups excluding tert-OH is 1. The SMILES string of the molecule is CCN(CC)C(=O)NCCCC(C)(C)CO. The van der Waals surface area contributed by atoms with E-state index < -0.39 is 0 Å². The van der Waals surface area contributed by atoms with Gasteiger partial charge in [-0.3, -0.25) is 0 Å². The molecule has 0 aliphatic carbocycles. The number of carbonyl (C=O) groups excluding carboxylic acids is 1. The third-order valence-corrected chi connectivity index (χ3v) is 2.79. The molecule has 0 fully saturated rings. The number of nitrogens with one attached hydrogen (secondary N) is 1. The average molecular weight is 230 g/mol. The van der Waals surface area contributed by atoms with E-state index in [0.29, 0.717) is 6.54 Å². The van der Waals surface area contributed by atoms with Gasteiger partial charge in [0.25, 0.3) is 0 Å². The third-order valence-electron chi connectivity index (χ3n) is 2.79. The van der Waals surface area contributed by atoms with Crippen LogP contribution in [-0.4, -0.2) is 42.3 Å². The molecule has 0 bridgehead atoms. The van der Waals surface area contributed by atoms with E-state index in [1.807, 2.05) is 27.7 Å². The molecular weight excluding hydrogens is 204 g/mol. The number of aliphatic hydroxyl groups is 1. The van der Waals surface area contributed by atoms with Gasteiger partial charge < -0.3 is 15.3 Å². The van der Waals surface area contributed by atoms with Gasteiger partial charge in [-0.25, -0.2) is 4.79 Å². The molecule has 0 radical (unpaired) electrons. The van der Waals surface area contributed by atoms with Gasteiger partial charge in [-0.2, -0.15) is 0 Å². The number of hydrogen-bond donors (Lipinski definition) is 2. The van der Waals surface area contributed by atoms with Gasteiger partial charge in [-0.15, -0.1) is 0 Å². The normalized spacial score (nSPS) is 11.3. The van der Waals surface area contributed by atoms with Crippen molar-refractivity contribution in [2.75, 3.05) is 26.2 Å². The summed E-state index contributed by atoms with van der Waals surface area (Å²) in [5, 5.41) is 12.0. The summed E-state index contributed by atoms with van der Waals surface area (Å²) in [6.45, 7) is 10.3. The molecule has 0 unspecified atom stereocenters. The fourth-order valence-electron chi connectivity index (χ4n) is 1.46. The zero-order chi connectivity index (χ0) is 12.6. The van der Waals surface area contributed by atoms with Crippen molar-refractivity contribution in [2.24, 2.45) is 5.41 Å². The standard InChI is InChI=1S/C12H26N2O2/c1-5-14(6-2)11(16)13-9-7-8-12(3,4)10-15/h15H,5-10H2,1-4H3,(H,13,16). The van der Waals surface area contributed by atoms with E-state index in [1.165, 1.54) is 0 Å². The van der Waals surface area contributed by atoms with Crippen LogP contribution in [0, 0.1) is 5.41 Å². The van der Waals surface area contributed by atoms with E-state index in [0.717, 1.165) is 25.9 Å². The first-order chi connectivity index (χ1) is 7.46. The highest BCUT2D eigenvalue weighted by atomic mass is 16.3. The zero-order valence-corrected chi connectivity index (χ0v) is 11.0. The van der Waals surface area contributed by atoms with Crippen molar-refractivity contribution < 1.29 is 9.90 Å². The molecule has 2 amide bonds. The number of carbonyl (C=O) groups is 1. The summed E-state index contributed by atoms with van der Waals surface area (Å²) in [6.07, 6.45) is 1.82. The van der Waals surface area contributed by atoms with E-state index in [9.17, 15) is 4.79 Å². The Morgan fingerprint density at radius 2 is 1.88 bits per heavy atom. The topological polar surface area (TPSA) is 52.6 Å². The quantitative estimate of drug-likeness (QED) is 0.656. The third kappa shape index (κ3) is 5.95. The fraction of sp³-hybridized carbons (Fsp3) is 0.917. The second kappa shape index (κ2) is 7.49. The maximum Gasteiger partial charge on any atom is 0.317 e. The molecule has 2 N–H and O–H groups in total. The number of rotatable bonds is 7. The van der Waals surface area contributed by atoms with Crippen molar-refractivity contribution in [1.82, 2.24) is 10.2 Å². The van der Waals surface area contributed by atoms with Gasteiger partial charge in [0.15, 0.2) is 0 Å². The number of urea groups is 1. The Morgan fingerprint density at radius 3 is 2.31 bits per heavy atom. The minimum Gasteiger partial charge on any atom is -0.396 e. The average Bonchev–Trinajstić information content (AvgIpc) is 2.26. The molecule has 4 heteroatoms. The monoisotopic (exact) mass is 230 g/mol. The van der Waals surface area contributed by atoms with Crippen LogP contribution in [0.25, 0.3) is 0 Å². The molecular formula is C12H26N2O2. The molecule has 0 aliphatic heterocycles. The Hall–Kier alpha value is -0.770. The number of nitrogens with zero attached hydrogens (tertiary/aromatic N) is 1. The predicted octanol–water partition coefficient (Wildman–Crippen LogP) is 1.84. The fourth-order valence-corrected chi connectivity index (χ4v) is 1.46. The van der Waals surface area contributed by atoms with Gasteiger partial charge >= 0.3 is 6.03 Å². The zero-order valence-electron chi connectivity index (χ0n) is 11.0. The molecule has 0 spiro atoms. The highest BCUT2D eigenvalue weighted by Crippen LogP contribution is 2.20. The van der Waals surface area contributed by atoms with Crippen LogP contribution in [0.4, 0.5) is 4.79 Å². The van der Waals surface area contributed by atoms with Crippen LogP contribution in [-0.2, 0) is 0 Å². The minimum absolute atomic E-state index is 0.00630. The minimum atomic E-state index is -0.0417. The Labute approximate surface area is 99.0 Å². The van der Waals surface area contributed by atoms with Crippen LogP contribution in [0.2, 0.25) is 0 Å². The number of amides is 2. The first-order valence-corrected chi connectivity index (χ1v) is 6.10. The summed E-state index contributed by atoms with van der Waals surface area (Å²) in [6, 6.07) is 0.00630. The lowest BCUT2D eigenvalue weighted by atomic mass is 9.89. The predicted molar refractivity (Wildman–Crippen MR) is 66.4 cm³/mol. The molecule has 0 aromatic carbocycles. The Balaban J connectivity index is 3.70. The molecule has 0 aromatic rings. The summed E-state index contributed by atoms with van der Waals surface area (Å²) in [4.78, 5) is 13.3. The van der Waals surface area contributed by atoms with Gasteiger partial charge in [-0.05, 0) is 32.1 Å². The van der Waals surface area contributed by atoms with E-state index in [1.54, 1.807) is 4.90 Å². The van der Waals surface area contributed by atoms with Gasteiger partial charge in [-0.1, -0.05) is 13.8 Å². The summed E-state index contributed by atoms with van der Waals surface area (Å²) >= 11 is 0. The molecule has 0 saturated carbocycles.